The summed E-state index contributed by atoms with van der Waals surface area (Å²) in [7, 11) is 1.66. The lowest BCUT2D eigenvalue weighted by atomic mass is 10.0. The molecule has 0 radical (unpaired) electrons. The maximum atomic E-state index is 13.8. The number of aromatic hydroxyl groups is 1. The van der Waals surface area contributed by atoms with Crippen molar-refractivity contribution < 1.29 is 14.2 Å². The molecule has 1 aromatic rings. The van der Waals surface area contributed by atoms with Gasteiger partial charge in [0.05, 0.1) is 6.61 Å². The molecule has 4 heteroatoms. The Morgan fingerprint density at radius 1 is 1.39 bits per heavy atom. The second kappa shape index (κ2) is 6.71. The summed E-state index contributed by atoms with van der Waals surface area (Å²) in [4.78, 5) is 2.17. The molecule has 0 amide bonds. The Labute approximate surface area is 108 Å². The Morgan fingerprint density at radius 2 is 2.06 bits per heavy atom. The number of phenolic OH excluding ortho intramolecular Hbond substituents is 1. The highest BCUT2D eigenvalue weighted by atomic mass is 19.1. The molecule has 0 heterocycles. The topological polar surface area (TPSA) is 32.7 Å². The number of ether oxygens (including phenoxy) is 1. The van der Waals surface area contributed by atoms with Gasteiger partial charge in [-0.3, -0.25) is 4.90 Å². The lowest BCUT2D eigenvalue weighted by Gasteiger charge is -2.33. The second-order valence-corrected chi connectivity index (χ2v) is 4.52. The van der Waals surface area contributed by atoms with Gasteiger partial charge in [0, 0.05) is 30.8 Å². The van der Waals surface area contributed by atoms with Crippen molar-refractivity contribution in [3.05, 3.63) is 29.6 Å². The first-order valence-corrected chi connectivity index (χ1v) is 6.24. The number of methoxy groups -OCH3 is 1. The SMILES string of the molecule is CCN(C(C)COC)C(C)c1ccc(O)cc1F. The molecule has 0 aliphatic carbocycles. The third-order valence-electron chi connectivity index (χ3n) is 3.27. The zero-order chi connectivity index (χ0) is 13.7. The van der Waals surface area contributed by atoms with Gasteiger partial charge in [0.1, 0.15) is 11.6 Å². The predicted molar refractivity (Wildman–Crippen MR) is 70.2 cm³/mol. The third kappa shape index (κ3) is 3.43. The second-order valence-electron chi connectivity index (χ2n) is 4.52. The fraction of sp³-hybridized carbons (Fsp3) is 0.571. The number of hydrogen-bond acceptors (Lipinski definition) is 3. The van der Waals surface area contributed by atoms with Crippen LogP contribution >= 0.6 is 0 Å². The average Bonchev–Trinajstić information content (AvgIpc) is 2.29. The van der Waals surface area contributed by atoms with Crippen molar-refractivity contribution >= 4 is 0 Å². The molecule has 0 spiro atoms. The van der Waals surface area contributed by atoms with Crippen LogP contribution in [0.1, 0.15) is 32.4 Å². The summed E-state index contributed by atoms with van der Waals surface area (Å²) in [6.07, 6.45) is 0. The molecule has 1 N–H and O–H groups in total. The number of halogens is 1. The highest BCUT2D eigenvalue weighted by molar-refractivity contribution is 5.29. The van der Waals surface area contributed by atoms with E-state index in [9.17, 15) is 9.50 Å². The number of nitrogens with zero attached hydrogens (tertiary/aromatic N) is 1. The molecule has 0 aliphatic rings. The standard InChI is InChI=1S/C14H22FNO2/c1-5-16(10(2)9-18-4)11(3)13-7-6-12(17)8-14(13)15/h6-8,10-11,17H,5,9H2,1-4H3. The van der Waals surface area contributed by atoms with Gasteiger partial charge in [-0.2, -0.15) is 0 Å². The minimum atomic E-state index is -0.370. The number of likely N-dealkylation sites (N-methyl/N-ethyl adjacent to an activating group) is 1. The van der Waals surface area contributed by atoms with Crippen LogP contribution in [0.5, 0.6) is 5.75 Å². The summed E-state index contributed by atoms with van der Waals surface area (Å²) in [5.41, 5.74) is 0.595. The van der Waals surface area contributed by atoms with E-state index in [4.69, 9.17) is 4.74 Å². The van der Waals surface area contributed by atoms with Crippen molar-refractivity contribution in [3.8, 4) is 5.75 Å². The fourth-order valence-electron chi connectivity index (χ4n) is 2.34. The monoisotopic (exact) mass is 255 g/mol. The lowest BCUT2D eigenvalue weighted by molar-refractivity contribution is 0.0771. The van der Waals surface area contributed by atoms with Crippen molar-refractivity contribution in [3.63, 3.8) is 0 Å². The Balaban J connectivity index is 2.92. The van der Waals surface area contributed by atoms with E-state index in [1.165, 1.54) is 6.07 Å². The molecule has 0 saturated heterocycles. The van der Waals surface area contributed by atoms with E-state index in [1.54, 1.807) is 13.2 Å². The van der Waals surface area contributed by atoms with E-state index in [0.717, 1.165) is 12.6 Å². The molecule has 2 atom stereocenters. The van der Waals surface area contributed by atoms with E-state index in [0.29, 0.717) is 12.2 Å². The molecule has 1 aromatic carbocycles. The molecule has 3 nitrogen and oxygen atoms in total. The van der Waals surface area contributed by atoms with E-state index in [2.05, 4.69) is 11.8 Å². The molecule has 1 rings (SSSR count). The van der Waals surface area contributed by atoms with Crippen molar-refractivity contribution in [1.82, 2.24) is 4.90 Å². The molecule has 2 unspecified atom stereocenters. The first-order valence-electron chi connectivity index (χ1n) is 6.24. The van der Waals surface area contributed by atoms with Crippen LogP contribution in [-0.2, 0) is 4.74 Å². The summed E-state index contributed by atoms with van der Waals surface area (Å²) >= 11 is 0. The van der Waals surface area contributed by atoms with Gasteiger partial charge < -0.3 is 9.84 Å². The maximum Gasteiger partial charge on any atom is 0.131 e. The maximum absolute atomic E-state index is 13.8. The van der Waals surface area contributed by atoms with E-state index in [-0.39, 0.29) is 23.7 Å². The Bertz CT molecular complexity index is 384. The summed E-state index contributed by atoms with van der Waals surface area (Å²) in [6, 6.07) is 4.46. The van der Waals surface area contributed by atoms with Gasteiger partial charge in [-0.25, -0.2) is 4.39 Å². The van der Waals surface area contributed by atoms with Crippen LogP contribution < -0.4 is 0 Å². The largest absolute Gasteiger partial charge is 0.508 e. The predicted octanol–water partition coefficient (Wildman–Crippen LogP) is 2.95. The zero-order valence-electron chi connectivity index (χ0n) is 11.5. The van der Waals surface area contributed by atoms with Gasteiger partial charge in [0.25, 0.3) is 0 Å². The summed E-state index contributed by atoms with van der Waals surface area (Å²) in [5.74, 6) is -0.415. The quantitative estimate of drug-likeness (QED) is 0.848. The van der Waals surface area contributed by atoms with Crippen LogP contribution in [0.3, 0.4) is 0 Å². The molecule has 18 heavy (non-hydrogen) atoms. The first kappa shape index (κ1) is 14.9. The van der Waals surface area contributed by atoms with Crippen LogP contribution in [0.15, 0.2) is 18.2 Å². The van der Waals surface area contributed by atoms with E-state index < -0.39 is 0 Å². The Kier molecular flexibility index (Phi) is 5.56. The minimum Gasteiger partial charge on any atom is -0.508 e. The Hall–Kier alpha value is -1.13. The third-order valence-corrected chi connectivity index (χ3v) is 3.27. The summed E-state index contributed by atoms with van der Waals surface area (Å²) in [5, 5.41) is 9.23. The highest BCUT2D eigenvalue weighted by Gasteiger charge is 2.22. The molecule has 0 bridgehead atoms. The molecular formula is C14H22FNO2. The van der Waals surface area contributed by atoms with E-state index >= 15 is 0 Å². The average molecular weight is 255 g/mol. The molecule has 0 aliphatic heterocycles. The summed E-state index contributed by atoms with van der Waals surface area (Å²) in [6.45, 7) is 7.48. The first-order chi connectivity index (χ1) is 8.51. The number of rotatable bonds is 6. The molecular weight excluding hydrogens is 233 g/mol. The fourth-order valence-corrected chi connectivity index (χ4v) is 2.34. The van der Waals surface area contributed by atoms with Crippen LogP contribution in [0.2, 0.25) is 0 Å². The molecule has 0 fully saturated rings. The normalized spacial score (nSPS) is 14.8. The van der Waals surface area contributed by atoms with Crippen molar-refractivity contribution in [2.45, 2.75) is 32.9 Å². The van der Waals surface area contributed by atoms with Crippen molar-refractivity contribution in [1.29, 1.82) is 0 Å². The van der Waals surface area contributed by atoms with Crippen LogP contribution in [0.25, 0.3) is 0 Å². The molecule has 102 valence electrons. The summed E-state index contributed by atoms with van der Waals surface area (Å²) < 4.78 is 19.0. The zero-order valence-corrected chi connectivity index (χ0v) is 11.5. The number of phenols is 1. The van der Waals surface area contributed by atoms with Gasteiger partial charge in [-0.15, -0.1) is 0 Å². The van der Waals surface area contributed by atoms with Gasteiger partial charge >= 0.3 is 0 Å². The van der Waals surface area contributed by atoms with Gasteiger partial charge in [0.15, 0.2) is 0 Å². The van der Waals surface area contributed by atoms with Gasteiger partial charge in [0.2, 0.25) is 0 Å². The van der Waals surface area contributed by atoms with Crippen LogP contribution in [0.4, 0.5) is 4.39 Å². The van der Waals surface area contributed by atoms with Crippen LogP contribution in [-0.4, -0.2) is 36.3 Å². The number of hydrogen-bond donors (Lipinski definition) is 1. The lowest BCUT2D eigenvalue weighted by Crippen LogP contribution is -2.38. The highest BCUT2D eigenvalue weighted by Crippen LogP contribution is 2.26. The van der Waals surface area contributed by atoms with Crippen molar-refractivity contribution in [2.24, 2.45) is 0 Å². The Morgan fingerprint density at radius 3 is 2.56 bits per heavy atom. The van der Waals surface area contributed by atoms with E-state index in [1.807, 2.05) is 13.8 Å². The van der Waals surface area contributed by atoms with Crippen LogP contribution in [0, 0.1) is 5.82 Å². The van der Waals surface area contributed by atoms with Gasteiger partial charge in [-0.1, -0.05) is 13.0 Å². The van der Waals surface area contributed by atoms with Gasteiger partial charge in [-0.05, 0) is 26.5 Å². The minimum absolute atomic E-state index is 0.0450. The number of benzene rings is 1. The smallest absolute Gasteiger partial charge is 0.131 e. The van der Waals surface area contributed by atoms with Crippen molar-refractivity contribution in [2.75, 3.05) is 20.3 Å². The molecule has 0 aromatic heterocycles. The molecule has 0 saturated carbocycles.